The van der Waals surface area contributed by atoms with E-state index in [-0.39, 0.29) is 5.91 Å². The maximum atomic E-state index is 12.3. The van der Waals surface area contributed by atoms with Crippen molar-refractivity contribution in [2.75, 3.05) is 6.54 Å². The van der Waals surface area contributed by atoms with Gasteiger partial charge in [0.1, 0.15) is 0 Å². The zero-order valence-corrected chi connectivity index (χ0v) is 9.53. The number of carbonyl (C=O) groups is 1. The Bertz CT molecular complexity index is 384. The number of hydrogen-bond donors (Lipinski definition) is 1. The molecule has 0 aromatic carbocycles. The summed E-state index contributed by atoms with van der Waals surface area (Å²) in [5.74, 6) is -0.156. The lowest BCUT2D eigenvalue weighted by molar-refractivity contribution is 0.0955. The molecular weight excluding hydrogens is 209 g/mol. The Kier molecular flexibility index (Phi) is 4.69. The number of nitrogens with one attached hydrogen (secondary N) is 1. The summed E-state index contributed by atoms with van der Waals surface area (Å²) in [6.07, 6.45) is 4.32. The molecule has 0 aliphatic carbocycles. The highest BCUT2D eigenvalue weighted by molar-refractivity contribution is 5.93. The predicted octanol–water partition coefficient (Wildman–Crippen LogP) is 1.90. The zero-order valence-electron chi connectivity index (χ0n) is 9.53. The van der Waals surface area contributed by atoms with Gasteiger partial charge < -0.3 is 5.32 Å². The lowest BCUT2D eigenvalue weighted by Crippen LogP contribution is -2.22. The van der Waals surface area contributed by atoms with E-state index in [4.69, 9.17) is 0 Å². The number of allylic oxidation sites excluding steroid dienone is 1. The molecule has 0 spiro atoms. The second-order valence-electron chi connectivity index (χ2n) is 3.41. The first-order chi connectivity index (χ1) is 7.71. The van der Waals surface area contributed by atoms with Crippen molar-refractivity contribution in [1.82, 2.24) is 15.1 Å². The molecule has 1 heterocycles. The van der Waals surface area contributed by atoms with Crippen molar-refractivity contribution in [3.05, 3.63) is 29.9 Å². The first-order valence-electron chi connectivity index (χ1n) is 5.30. The minimum atomic E-state index is -0.156. The van der Waals surface area contributed by atoms with Crippen LogP contribution >= 0.6 is 0 Å². The molecule has 1 N–H and O–H groups in total. The third kappa shape index (κ3) is 3.18. The zero-order chi connectivity index (χ0) is 12.0. The molecule has 0 aliphatic heterocycles. The van der Waals surface area contributed by atoms with Gasteiger partial charge in [0.25, 0.3) is 5.91 Å². The number of carbonyl (C=O) groups excluding carboxylic acids is 1. The van der Waals surface area contributed by atoms with Gasteiger partial charge in [0.05, 0.1) is 24.6 Å². The Morgan fingerprint density at radius 2 is 2.38 bits per heavy atom. The van der Waals surface area contributed by atoms with E-state index in [0.717, 1.165) is 0 Å². The molecule has 5 heteroatoms. The summed E-state index contributed by atoms with van der Waals surface area (Å²) in [5.41, 5.74) is 1.14. The van der Waals surface area contributed by atoms with E-state index in [2.05, 4.69) is 10.4 Å². The van der Waals surface area contributed by atoms with E-state index in [1.165, 1.54) is 6.20 Å². The summed E-state index contributed by atoms with van der Waals surface area (Å²) in [7, 11) is 0. The molecule has 88 valence electrons. The van der Waals surface area contributed by atoms with E-state index >= 15 is 0 Å². The van der Waals surface area contributed by atoms with Gasteiger partial charge in [0.15, 0.2) is 0 Å². The van der Waals surface area contributed by atoms with Gasteiger partial charge in [0.2, 0.25) is 0 Å². The van der Waals surface area contributed by atoms with E-state index in [1.807, 2.05) is 13.8 Å². The Morgan fingerprint density at radius 3 is 2.94 bits per heavy atom. The molecule has 1 aromatic rings. The standard InChI is InChI=1S/C11H16FN3O/c1-3-9(5-12)7-15-8-10(6-14-15)11(16)13-4-2/h5-6,8H,3-4,7H2,1-2H3,(H,13,16)/b9-5+. The van der Waals surface area contributed by atoms with Gasteiger partial charge in [-0.2, -0.15) is 5.10 Å². The molecule has 1 rings (SSSR count). The summed E-state index contributed by atoms with van der Waals surface area (Å²) < 4.78 is 13.9. The van der Waals surface area contributed by atoms with Crippen LogP contribution in [0.2, 0.25) is 0 Å². The lowest BCUT2D eigenvalue weighted by Gasteiger charge is -2.02. The molecule has 0 saturated carbocycles. The van der Waals surface area contributed by atoms with Gasteiger partial charge in [-0.3, -0.25) is 9.48 Å². The topological polar surface area (TPSA) is 46.9 Å². The van der Waals surface area contributed by atoms with E-state index in [1.54, 1.807) is 10.9 Å². The summed E-state index contributed by atoms with van der Waals surface area (Å²) in [6.45, 7) is 4.68. The van der Waals surface area contributed by atoms with Crippen LogP contribution < -0.4 is 5.32 Å². The Labute approximate surface area is 94.1 Å². The van der Waals surface area contributed by atoms with Crippen molar-refractivity contribution < 1.29 is 9.18 Å². The SMILES string of the molecule is CCNC(=O)c1cnn(C/C(=C/F)CC)c1. The molecule has 0 saturated heterocycles. The highest BCUT2D eigenvalue weighted by Gasteiger charge is 2.07. The van der Waals surface area contributed by atoms with E-state index < -0.39 is 0 Å². The van der Waals surface area contributed by atoms with Crippen LogP contribution in [0.1, 0.15) is 30.6 Å². The number of aromatic nitrogens is 2. The van der Waals surface area contributed by atoms with Gasteiger partial charge >= 0.3 is 0 Å². The fourth-order valence-electron chi connectivity index (χ4n) is 1.26. The van der Waals surface area contributed by atoms with Gasteiger partial charge in [-0.1, -0.05) is 6.92 Å². The maximum Gasteiger partial charge on any atom is 0.254 e. The third-order valence-electron chi connectivity index (χ3n) is 2.21. The van der Waals surface area contributed by atoms with Crippen molar-refractivity contribution in [1.29, 1.82) is 0 Å². The molecule has 0 fully saturated rings. The first-order valence-corrected chi connectivity index (χ1v) is 5.30. The normalized spacial score (nSPS) is 11.6. The first kappa shape index (κ1) is 12.4. The highest BCUT2D eigenvalue weighted by atomic mass is 19.1. The largest absolute Gasteiger partial charge is 0.352 e. The Hall–Kier alpha value is -1.65. The van der Waals surface area contributed by atoms with Crippen molar-refractivity contribution in [2.45, 2.75) is 26.8 Å². The molecule has 4 nitrogen and oxygen atoms in total. The fraction of sp³-hybridized carbons (Fsp3) is 0.455. The third-order valence-corrected chi connectivity index (χ3v) is 2.21. The van der Waals surface area contributed by atoms with Crippen LogP contribution in [0.15, 0.2) is 24.3 Å². The molecule has 1 aromatic heterocycles. The number of nitrogens with zero attached hydrogens (tertiary/aromatic N) is 2. The van der Waals surface area contributed by atoms with Crippen molar-refractivity contribution in [3.63, 3.8) is 0 Å². The minimum Gasteiger partial charge on any atom is -0.352 e. The number of rotatable bonds is 5. The van der Waals surface area contributed by atoms with Crippen LogP contribution in [0.4, 0.5) is 4.39 Å². The monoisotopic (exact) mass is 225 g/mol. The second-order valence-corrected chi connectivity index (χ2v) is 3.41. The van der Waals surface area contributed by atoms with Gasteiger partial charge in [-0.25, -0.2) is 4.39 Å². The average Bonchev–Trinajstić information content (AvgIpc) is 2.74. The number of hydrogen-bond acceptors (Lipinski definition) is 2. The average molecular weight is 225 g/mol. The smallest absolute Gasteiger partial charge is 0.254 e. The Balaban J connectivity index is 2.68. The number of amides is 1. The predicted molar refractivity (Wildman–Crippen MR) is 59.7 cm³/mol. The highest BCUT2D eigenvalue weighted by Crippen LogP contribution is 2.06. The molecule has 0 bridgehead atoms. The van der Waals surface area contributed by atoms with Crippen molar-refractivity contribution in [2.24, 2.45) is 0 Å². The Morgan fingerprint density at radius 1 is 1.62 bits per heavy atom. The lowest BCUT2D eigenvalue weighted by atomic mass is 10.2. The molecule has 0 radical (unpaired) electrons. The van der Waals surface area contributed by atoms with Gasteiger partial charge in [0, 0.05) is 12.7 Å². The molecule has 0 unspecified atom stereocenters. The van der Waals surface area contributed by atoms with Crippen LogP contribution in [0.5, 0.6) is 0 Å². The second kappa shape index (κ2) is 6.05. The van der Waals surface area contributed by atoms with Crippen LogP contribution in [-0.4, -0.2) is 22.2 Å². The summed E-state index contributed by atoms with van der Waals surface area (Å²) in [6, 6.07) is 0. The summed E-state index contributed by atoms with van der Waals surface area (Å²) >= 11 is 0. The van der Waals surface area contributed by atoms with Gasteiger partial charge in [-0.05, 0) is 18.9 Å². The fourth-order valence-corrected chi connectivity index (χ4v) is 1.26. The summed E-state index contributed by atoms with van der Waals surface area (Å²) in [5, 5.41) is 6.68. The van der Waals surface area contributed by atoms with Gasteiger partial charge in [-0.15, -0.1) is 0 Å². The molecule has 0 atom stereocenters. The van der Waals surface area contributed by atoms with Crippen molar-refractivity contribution in [3.8, 4) is 0 Å². The van der Waals surface area contributed by atoms with Crippen LogP contribution in [0.25, 0.3) is 0 Å². The van der Waals surface area contributed by atoms with Crippen LogP contribution in [-0.2, 0) is 6.54 Å². The maximum absolute atomic E-state index is 12.3. The minimum absolute atomic E-state index is 0.156. The van der Waals surface area contributed by atoms with Crippen LogP contribution in [0, 0.1) is 0 Å². The van der Waals surface area contributed by atoms with Crippen LogP contribution in [0.3, 0.4) is 0 Å². The molecule has 0 aliphatic rings. The molecular formula is C11H16FN3O. The quantitative estimate of drug-likeness (QED) is 0.831. The number of halogens is 1. The summed E-state index contributed by atoms with van der Waals surface area (Å²) in [4.78, 5) is 11.4. The van der Waals surface area contributed by atoms with E-state index in [0.29, 0.717) is 37.0 Å². The van der Waals surface area contributed by atoms with E-state index in [9.17, 15) is 9.18 Å². The van der Waals surface area contributed by atoms with Crippen molar-refractivity contribution >= 4 is 5.91 Å². The molecule has 1 amide bonds. The molecule has 16 heavy (non-hydrogen) atoms.